The lowest BCUT2D eigenvalue weighted by atomic mass is 9.99. The molecule has 27 heavy (non-hydrogen) atoms. The third-order valence-corrected chi connectivity index (χ3v) is 5.48. The Labute approximate surface area is 166 Å². The van der Waals surface area contributed by atoms with E-state index in [1.807, 2.05) is 0 Å². The minimum absolute atomic E-state index is 0.317. The zero-order chi connectivity index (χ0) is 19.5. The second-order valence-electron chi connectivity index (χ2n) is 7.52. The summed E-state index contributed by atoms with van der Waals surface area (Å²) in [7, 11) is 2.22. The van der Waals surface area contributed by atoms with Gasteiger partial charge >= 0.3 is 0 Å². The van der Waals surface area contributed by atoms with Gasteiger partial charge in [-0.2, -0.15) is 0 Å². The van der Waals surface area contributed by atoms with Crippen molar-refractivity contribution in [2.24, 2.45) is 10.9 Å². The first kappa shape index (κ1) is 21.7. The lowest BCUT2D eigenvalue weighted by molar-refractivity contribution is 0.210. The molecule has 1 aromatic carbocycles. The van der Waals surface area contributed by atoms with Gasteiger partial charge in [0, 0.05) is 19.6 Å². The summed E-state index contributed by atoms with van der Waals surface area (Å²) in [6.45, 7) is 13.7. The molecule has 1 aliphatic rings. The van der Waals surface area contributed by atoms with Gasteiger partial charge < -0.3 is 15.5 Å². The number of nitrogens with one attached hydrogen (secondary N) is 2. The number of aliphatic imine (C=N–C) groups is 1. The minimum Gasteiger partial charge on any atom is -0.357 e. The van der Waals surface area contributed by atoms with Gasteiger partial charge in [-0.3, -0.25) is 9.89 Å². The van der Waals surface area contributed by atoms with Crippen LogP contribution in [-0.2, 0) is 0 Å². The first-order chi connectivity index (χ1) is 13.2. The molecule has 1 fully saturated rings. The van der Waals surface area contributed by atoms with Crippen molar-refractivity contribution in [2.45, 2.75) is 39.7 Å². The van der Waals surface area contributed by atoms with Crippen LogP contribution >= 0.6 is 0 Å². The number of benzene rings is 1. The highest BCUT2D eigenvalue weighted by Gasteiger charge is 2.19. The van der Waals surface area contributed by atoms with Crippen molar-refractivity contribution in [1.29, 1.82) is 0 Å². The van der Waals surface area contributed by atoms with Crippen molar-refractivity contribution < 1.29 is 0 Å². The van der Waals surface area contributed by atoms with Crippen LogP contribution in [0.1, 0.15) is 45.2 Å². The molecule has 0 aromatic heterocycles. The summed E-state index contributed by atoms with van der Waals surface area (Å²) in [6.07, 6.45) is 2.61. The molecule has 2 rings (SSSR count). The summed E-state index contributed by atoms with van der Waals surface area (Å²) < 4.78 is 0. The maximum atomic E-state index is 4.95. The van der Waals surface area contributed by atoms with E-state index < -0.39 is 0 Å². The maximum Gasteiger partial charge on any atom is 0.191 e. The molecule has 0 saturated carbocycles. The minimum atomic E-state index is 0.317. The zero-order valence-corrected chi connectivity index (χ0v) is 17.7. The van der Waals surface area contributed by atoms with Crippen LogP contribution in [0.4, 0.5) is 0 Å². The quantitative estimate of drug-likeness (QED) is 0.516. The van der Waals surface area contributed by atoms with Crippen LogP contribution < -0.4 is 10.6 Å². The number of hydrogen-bond donors (Lipinski definition) is 2. The fourth-order valence-electron chi connectivity index (χ4n) is 3.97. The monoisotopic (exact) mass is 373 g/mol. The second-order valence-corrected chi connectivity index (χ2v) is 7.52. The standard InChI is InChI=1S/C22H39N5/c1-5-23-22(24-16-19-12-11-15-26(4)18-19)25-17-21(27(6-2)7-3)20-13-9-8-10-14-20/h8-10,13-14,19,21H,5-7,11-12,15-18H2,1-4H3,(H2,23,24,25). The van der Waals surface area contributed by atoms with E-state index >= 15 is 0 Å². The van der Waals surface area contributed by atoms with Crippen LogP contribution in [0.25, 0.3) is 0 Å². The summed E-state index contributed by atoms with van der Waals surface area (Å²) in [5.74, 6) is 1.65. The fraction of sp³-hybridized carbons (Fsp3) is 0.682. The lowest BCUT2D eigenvalue weighted by Crippen LogP contribution is -2.44. The molecule has 5 heteroatoms. The SMILES string of the molecule is CCNC(=NCC(c1ccccc1)N(CC)CC)NCC1CCCN(C)C1. The van der Waals surface area contributed by atoms with Crippen molar-refractivity contribution in [2.75, 3.05) is 52.9 Å². The number of likely N-dealkylation sites (tertiary alicyclic amines) is 1. The van der Waals surface area contributed by atoms with E-state index in [2.05, 4.69) is 78.6 Å². The summed E-state index contributed by atoms with van der Waals surface area (Å²) in [5.41, 5.74) is 1.34. The number of guanidine groups is 1. The predicted molar refractivity (Wildman–Crippen MR) is 116 cm³/mol. The largest absolute Gasteiger partial charge is 0.357 e. The van der Waals surface area contributed by atoms with E-state index in [0.717, 1.165) is 38.7 Å². The van der Waals surface area contributed by atoms with E-state index in [4.69, 9.17) is 4.99 Å². The van der Waals surface area contributed by atoms with Crippen molar-refractivity contribution in [1.82, 2.24) is 20.4 Å². The van der Waals surface area contributed by atoms with Crippen molar-refractivity contribution in [3.8, 4) is 0 Å². The first-order valence-corrected chi connectivity index (χ1v) is 10.7. The third kappa shape index (κ3) is 7.15. The van der Waals surface area contributed by atoms with Crippen LogP contribution in [0.15, 0.2) is 35.3 Å². The van der Waals surface area contributed by atoms with E-state index in [1.54, 1.807) is 0 Å². The molecule has 0 amide bonds. The number of hydrogen-bond acceptors (Lipinski definition) is 3. The molecule has 1 aliphatic heterocycles. The van der Waals surface area contributed by atoms with E-state index in [0.29, 0.717) is 12.0 Å². The van der Waals surface area contributed by atoms with Crippen LogP contribution in [0.5, 0.6) is 0 Å². The Morgan fingerprint density at radius 2 is 1.93 bits per heavy atom. The van der Waals surface area contributed by atoms with Gasteiger partial charge in [0.1, 0.15) is 0 Å². The smallest absolute Gasteiger partial charge is 0.191 e. The van der Waals surface area contributed by atoms with Crippen molar-refractivity contribution in [3.05, 3.63) is 35.9 Å². The number of piperidine rings is 1. The van der Waals surface area contributed by atoms with Gasteiger partial charge in [0.05, 0.1) is 12.6 Å². The Morgan fingerprint density at radius 3 is 2.56 bits per heavy atom. The molecule has 1 saturated heterocycles. The second kappa shape index (κ2) is 12.0. The summed E-state index contributed by atoms with van der Waals surface area (Å²) in [4.78, 5) is 9.87. The molecule has 0 radical (unpaired) electrons. The molecule has 2 unspecified atom stereocenters. The molecule has 2 N–H and O–H groups in total. The molecule has 0 spiro atoms. The third-order valence-electron chi connectivity index (χ3n) is 5.48. The zero-order valence-electron chi connectivity index (χ0n) is 17.7. The molecular weight excluding hydrogens is 334 g/mol. The molecule has 1 aromatic rings. The van der Waals surface area contributed by atoms with E-state index in [9.17, 15) is 0 Å². The Bertz CT molecular complexity index is 541. The van der Waals surface area contributed by atoms with E-state index in [1.165, 1.54) is 31.5 Å². The summed E-state index contributed by atoms with van der Waals surface area (Å²) in [6, 6.07) is 11.1. The maximum absolute atomic E-state index is 4.95. The number of rotatable bonds is 9. The van der Waals surface area contributed by atoms with Crippen LogP contribution in [-0.4, -0.2) is 68.6 Å². The Kier molecular flexibility index (Phi) is 9.64. The van der Waals surface area contributed by atoms with Gasteiger partial charge in [0.25, 0.3) is 0 Å². The number of nitrogens with zero attached hydrogens (tertiary/aromatic N) is 3. The molecule has 5 nitrogen and oxygen atoms in total. The molecule has 152 valence electrons. The molecule has 0 aliphatic carbocycles. The van der Waals surface area contributed by atoms with Crippen molar-refractivity contribution in [3.63, 3.8) is 0 Å². The highest BCUT2D eigenvalue weighted by atomic mass is 15.2. The molecule has 1 heterocycles. The Hall–Kier alpha value is -1.59. The average molecular weight is 374 g/mol. The van der Waals surface area contributed by atoms with Gasteiger partial charge in [-0.1, -0.05) is 44.2 Å². The van der Waals surface area contributed by atoms with E-state index in [-0.39, 0.29) is 0 Å². The van der Waals surface area contributed by atoms with Crippen molar-refractivity contribution >= 4 is 5.96 Å². The van der Waals surface area contributed by atoms with Gasteiger partial charge in [-0.25, -0.2) is 0 Å². The van der Waals surface area contributed by atoms with Gasteiger partial charge in [0.2, 0.25) is 0 Å². The van der Waals surface area contributed by atoms with Gasteiger partial charge in [0.15, 0.2) is 5.96 Å². The van der Waals surface area contributed by atoms with Gasteiger partial charge in [-0.15, -0.1) is 0 Å². The lowest BCUT2D eigenvalue weighted by Gasteiger charge is -2.31. The predicted octanol–water partition coefficient (Wildman–Crippen LogP) is 2.97. The fourth-order valence-corrected chi connectivity index (χ4v) is 3.97. The summed E-state index contributed by atoms with van der Waals surface area (Å²) >= 11 is 0. The number of likely N-dealkylation sites (N-methyl/N-ethyl adjacent to an activating group) is 1. The average Bonchev–Trinajstić information content (AvgIpc) is 2.70. The van der Waals surface area contributed by atoms with Crippen LogP contribution in [0, 0.1) is 5.92 Å². The first-order valence-electron chi connectivity index (χ1n) is 10.7. The summed E-state index contributed by atoms with van der Waals surface area (Å²) in [5, 5.41) is 7.01. The highest BCUT2D eigenvalue weighted by Crippen LogP contribution is 2.20. The highest BCUT2D eigenvalue weighted by molar-refractivity contribution is 5.79. The Balaban J connectivity index is 2.02. The Morgan fingerprint density at radius 1 is 1.19 bits per heavy atom. The molecule has 0 bridgehead atoms. The van der Waals surface area contributed by atoms with Gasteiger partial charge in [-0.05, 0) is 57.9 Å². The van der Waals surface area contributed by atoms with Crippen LogP contribution in [0.2, 0.25) is 0 Å². The normalized spacial score (nSPS) is 19.9. The molecular formula is C22H39N5. The topological polar surface area (TPSA) is 42.9 Å². The van der Waals surface area contributed by atoms with Crippen LogP contribution in [0.3, 0.4) is 0 Å². The molecule has 2 atom stereocenters.